The van der Waals surface area contributed by atoms with Crippen molar-refractivity contribution in [3.63, 3.8) is 0 Å². The number of para-hydroxylation sites is 1. The molecule has 2 heterocycles. The molecule has 1 aromatic heterocycles. The van der Waals surface area contributed by atoms with E-state index >= 15 is 0 Å². The number of carbonyl (C=O) groups excluding carboxylic acids is 2. The molecule has 0 fully saturated rings. The van der Waals surface area contributed by atoms with E-state index in [1.807, 2.05) is 5.40 Å². The Morgan fingerprint density at radius 1 is 1.50 bits per heavy atom. The first-order valence-corrected chi connectivity index (χ1v) is 8.08. The second kappa shape index (κ2) is 6.37. The molecular formula is C16H14N4O3S. The van der Waals surface area contributed by atoms with Crippen LogP contribution in [0.3, 0.4) is 0 Å². The van der Waals surface area contributed by atoms with Crippen molar-refractivity contribution in [1.29, 1.82) is 5.26 Å². The topological polar surface area (TPSA) is 88.2 Å². The average Bonchev–Trinajstić information content (AvgIpc) is 2.93. The normalized spacial score (nSPS) is 12.9. The van der Waals surface area contributed by atoms with Gasteiger partial charge in [-0.25, -0.2) is 9.78 Å². The van der Waals surface area contributed by atoms with Crippen LogP contribution >= 0.6 is 11.8 Å². The van der Waals surface area contributed by atoms with Crippen LogP contribution in [0.4, 0.5) is 0 Å². The Morgan fingerprint density at radius 3 is 3.00 bits per heavy atom. The summed E-state index contributed by atoms with van der Waals surface area (Å²) in [6.45, 7) is 2.18. The minimum Gasteiger partial charge on any atom is -0.461 e. The fourth-order valence-electron chi connectivity index (χ4n) is 2.66. The summed E-state index contributed by atoms with van der Waals surface area (Å²) >= 11 is 0.964. The number of aromatic nitrogens is 2. The zero-order valence-electron chi connectivity index (χ0n) is 13.1. The molecule has 7 nitrogen and oxygen atoms in total. The number of thioether (sulfide) groups is 1. The number of carbonyl (C=O) groups is 2. The van der Waals surface area contributed by atoms with E-state index in [1.165, 1.54) is 11.2 Å². The molecule has 1 amide bonds. The van der Waals surface area contributed by atoms with E-state index in [0.717, 1.165) is 11.8 Å². The van der Waals surface area contributed by atoms with Crippen LogP contribution in [0.25, 0.3) is 5.69 Å². The summed E-state index contributed by atoms with van der Waals surface area (Å²) in [5.41, 5.74) is 1.77. The van der Waals surface area contributed by atoms with Crippen molar-refractivity contribution in [2.24, 2.45) is 0 Å². The number of esters is 1. The number of nitrogens with zero attached hydrogens (tertiary/aromatic N) is 4. The Bertz CT molecular complexity index is 869. The maximum absolute atomic E-state index is 12.7. The van der Waals surface area contributed by atoms with Crippen LogP contribution in [-0.4, -0.2) is 40.0 Å². The molecule has 2 aromatic rings. The molecule has 0 N–H and O–H groups in total. The molecule has 0 saturated carbocycles. The first-order valence-electron chi connectivity index (χ1n) is 7.26. The van der Waals surface area contributed by atoms with E-state index < -0.39 is 5.97 Å². The second-order valence-corrected chi connectivity index (χ2v) is 5.96. The molecule has 0 radical (unpaired) electrons. The van der Waals surface area contributed by atoms with E-state index in [9.17, 15) is 9.59 Å². The molecule has 24 heavy (non-hydrogen) atoms. The highest BCUT2D eigenvalue weighted by molar-refractivity contribution is 8.03. The smallest absolute Gasteiger partial charge is 0.358 e. The number of hydrogen-bond acceptors (Lipinski definition) is 6. The van der Waals surface area contributed by atoms with Gasteiger partial charge in [0.2, 0.25) is 0 Å². The van der Waals surface area contributed by atoms with Crippen LogP contribution in [0.5, 0.6) is 0 Å². The van der Waals surface area contributed by atoms with Gasteiger partial charge in [0.1, 0.15) is 11.7 Å². The quantitative estimate of drug-likeness (QED) is 0.483. The minimum atomic E-state index is -0.527. The van der Waals surface area contributed by atoms with Crippen LogP contribution in [-0.2, 0) is 11.3 Å². The number of imidazole rings is 1. The maximum Gasteiger partial charge on any atom is 0.358 e. The van der Waals surface area contributed by atoms with E-state index in [1.54, 1.807) is 36.7 Å². The van der Waals surface area contributed by atoms with E-state index in [-0.39, 0.29) is 24.8 Å². The Kier molecular flexibility index (Phi) is 4.27. The maximum atomic E-state index is 12.7. The van der Waals surface area contributed by atoms with E-state index in [2.05, 4.69) is 4.98 Å². The Balaban J connectivity index is 2.26. The van der Waals surface area contributed by atoms with Gasteiger partial charge in [-0.3, -0.25) is 9.36 Å². The first kappa shape index (κ1) is 16.1. The summed E-state index contributed by atoms with van der Waals surface area (Å²) in [6.07, 6.45) is 1.49. The third-order valence-corrected chi connectivity index (χ3v) is 4.34. The van der Waals surface area contributed by atoms with Crippen molar-refractivity contribution < 1.29 is 14.3 Å². The van der Waals surface area contributed by atoms with Crippen molar-refractivity contribution in [3.8, 4) is 11.1 Å². The fourth-order valence-corrected chi connectivity index (χ4v) is 3.21. The molecule has 0 unspecified atom stereocenters. The standard InChI is InChI=1S/C16H14N4O3S/c1-3-23-16(22)13-11-7-19(2)15(21)10-5-4-6-12(24-8-17)14(10)20(11)9-18-13/h4-6,9H,3,7H2,1-2H3. The highest BCUT2D eigenvalue weighted by Crippen LogP contribution is 2.33. The highest BCUT2D eigenvalue weighted by Gasteiger charge is 2.30. The van der Waals surface area contributed by atoms with Gasteiger partial charge in [-0.2, -0.15) is 5.26 Å². The zero-order chi connectivity index (χ0) is 17.3. The van der Waals surface area contributed by atoms with Gasteiger partial charge >= 0.3 is 5.97 Å². The van der Waals surface area contributed by atoms with Crippen molar-refractivity contribution in [2.45, 2.75) is 18.4 Å². The van der Waals surface area contributed by atoms with Crippen LogP contribution in [0, 0.1) is 10.7 Å². The molecule has 0 saturated heterocycles. The molecule has 0 atom stereocenters. The summed E-state index contributed by atoms with van der Waals surface area (Å²) in [7, 11) is 1.66. The molecule has 1 aromatic carbocycles. The number of benzene rings is 1. The Morgan fingerprint density at radius 2 is 2.29 bits per heavy atom. The first-order chi connectivity index (χ1) is 11.6. The number of ether oxygens (including phenoxy) is 1. The number of amides is 1. The van der Waals surface area contributed by atoms with Gasteiger partial charge in [0.25, 0.3) is 5.91 Å². The van der Waals surface area contributed by atoms with Gasteiger partial charge in [-0.1, -0.05) is 6.07 Å². The number of thiocyanates is 1. The summed E-state index contributed by atoms with van der Waals surface area (Å²) in [6, 6.07) is 5.20. The number of hydrogen-bond donors (Lipinski definition) is 0. The van der Waals surface area contributed by atoms with Gasteiger partial charge in [-0.15, -0.1) is 0 Å². The molecule has 122 valence electrons. The predicted octanol–water partition coefficient (Wildman–Crippen LogP) is 2.21. The van der Waals surface area contributed by atoms with E-state index in [4.69, 9.17) is 10.00 Å². The molecule has 0 bridgehead atoms. The lowest BCUT2D eigenvalue weighted by Crippen LogP contribution is -2.25. The lowest BCUT2D eigenvalue weighted by atomic mass is 10.1. The number of rotatable bonds is 3. The summed E-state index contributed by atoms with van der Waals surface area (Å²) in [4.78, 5) is 31.1. The van der Waals surface area contributed by atoms with Crippen molar-refractivity contribution in [3.05, 3.63) is 41.5 Å². The Hall–Kier alpha value is -2.79. The summed E-state index contributed by atoms with van der Waals surface area (Å²) < 4.78 is 6.74. The number of fused-ring (bicyclic) bond motifs is 3. The van der Waals surface area contributed by atoms with E-state index in [0.29, 0.717) is 21.8 Å². The van der Waals surface area contributed by atoms with Crippen LogP contribution < -0.4 is 0 Å². The highest BCUT2D eigenvalue weighted by atomic mass is 32.2. The lowest BCUT2D eigenvalue weighted by molar-refractivity contribution is 0.0516. The molecular weight excluding hydrogens is 328 g/mol. The van der Waals surface area contributed by atoms with Crippen LogP contribution in [0.2, 0.25) is 0 Å². The van der Waals surface area contributed by atoms with Gasteiger partial charge in [0, 0.05) is 11.9 Å². The molecule has 0 spiro atoms. The molecule has 0 aliphatic carbocycles. The van der Waals surface area contributed by atoms with Gasteiger partial charge in [-0.05, 0) is 30.8 Å². The monoisotopic (exact) mass is 342 g/mol. The third kappa shape index (κ3) is 2.53. The van der Waals surface area contributed by atoms with Gasteiger partial charge in [0.15, 0.2) is 5.69 Å². The van der Waals surface area contributed by atoms with Crippen molar-refractivity contribution in [2.75, 3.05) is 13.7 Å². The Labute approximate surface area is 142 Å². The average molecular weight is 342 g/mol. The van der Waals surface area contributed by atoms with Crippen molar-refractivity contribution in [1.82, 2.24) is 14.5 Å². The third-order valence-electron chi connectivity index (χ3n) is 3.69. The predicted molar refractivity (Wildman–Crippen MR) is 86.8 cm³/mol. The second-order valence-electron chi connectivity index (χ2n) is 5.14. The zero-order valence-corrected chi connectivity index (χ0v) is 14.0. The molecule has 3 rings (SSSR count). The minimum absolute atomic E-state index is 0.177. The summed E-state index contributed by atoms with van der Waals surface area (Å²) in [5.74, 6) is -0.704. The molecule has 8 heteroatoms. The van der Waals surface area contributed by atoms with Crippen LogP contribution in [0.15, 0.2) is 29.4 Å². The SMILES string of the molecule is CCOC(=O)c1ncn2c1CN(C)C(=O)c1cccc(SC#N)c1-2. The molecule has 1 aliphatic rings. The van der Waals surface area contributed by atoms with Crippen molar-refractivity contribution >= 4 is 23.6 Å². The lowest BCUT2D eigenvalue weighted by Gasteiger charge is -2.14. The largest absolute Gasteiger partial charge is 0.461 e. The number of nitriles is 1. The van der Waals surface area contributed by atoms with Gasteiger partial charge in [0.05, 0.1) is 30.1 Å². The summed E-state index contributed by atoms with van der Waals surface area (Å²) in [5, 5.41) is 11.1. The molecule has 1 aliphatic heterocycles. The van der Waals surface area contributed by atoms with Gasteiger partial charge < -0.3 is 9.64 Å². The fraction of sp³-hybridized carbons (Fsp3) is 0.250. The van der Waals surface area contributed by atoms with Crippen LogP contribution in [0.1, 0.15) is 33.5 Å².